The average Bonchev–Trinajstić information content (AvgIpc) is 2.78. The Kier molecular flexibility index (Phi) is 5.48. The summed E-state index contributed by atoms with van der Waals surface area (Å²) in [5.74, 6) is 8.24. The van der Waals surface area contributed by atoms with Crippen LogP contribution in [-0.2, 0) is 5.60 Å². The van der Waals surface area contributed by atoms with Gasteiger partial charge in [-0.3, -0.25) is 0 Å². The summed E-state index contributed by atoms with van der Waals surface area (Å²) in [5.41, 5.74) is 1.26. The Morgan fingerprint density at radius 3 is 2.39 bits per heavy atom. The van der Waals surface area contributed by atoms with Crippen LogP contribution in [0.3, 0.4) is 0 Å². The highest BCUT2D eigenvalue weighted by atomic mass is 16.3. The molecule has 154 valence electrons. The maximum atomic E-state index is 10.1. The van der Waals surface area contributed by atoms with Crippen molar-refractivity contribution in [1.29, 1.82) is 0 Å². The Balaban J connectivity index is 1.71. The van der Waals surface area contributed by atoms with Crippen LogP contribution in [0.4, 0.5) is 17.5 Å². The highest BCUT2D eigenvalue weighted by Gasteiger charge is 2.16. The lowest BCUT2D eigenvalue weighted by Gasteiger charge is -2.17. The summed E-state index contributed by atoms with van der Waals surface area (Å²) in [6, 6.07) is 11.2. The zero-order valence-electron chi connectivity index (χ0n) is 17.5. The summed E-state index contributed by atoms with van der Waals surface area (Å²) in [7, 11) is 1.82. The molecule has 0 aliphatic heterocycles. The molecular formula is C24H22N6O. The van der Waals surface area contributed by atoms with E-state index < -0.39 is 5.60 Å². The van der Waals surface area contributed by atoms with Gasteiger partial charge in [-0.15, -0.1) is 0 Å². The molecular weight excluding hydrogens is 388 g/mol. The van der Waals surface area contributed by atoms with E-state index in [4.69, 9.17) is 0 Å². The van der Waals surface area contributed by atoms with Gasteiger partial charge in [0.05, 0.1) is 11.2 Å². The second-order valence-corrected chi connectivity index (χ2v) is 7.47. The lowest BCUT2D eigenvalue weighted by molar-refractivity contribution is 0.0782. The third-order valence-electron chi connectivity index (χ3n) is 4.73. The van der Waals surface area contributed by atoms with Crippen molar-refractivity contribution in [1.82, 2.24) is 19.9 Å². The number of fused-ring (bicyclic) bond motifs is 1. The number of nitrogens with zero attached hydrogens (tertiary/aromatic N) is 4. The van der Waals surface area contributed by atoms with Crippen molar-refractivity contribution in [3.63, 3.8) is 0 Å². The van der Waals surface area contributed by atoms with E-state index in [1.54, 1.807) is 38.6 Å². The summed E-state index contributed by atoms with van der Waals surface area (Å²) < 4.78 is 0. The van der Waals surface area contributed by atoms with Crippen molar-refractivity contribution < 1.29 is 5.11 Å². The Hall–Kier alpha value is -4.02. The van der Waals surface area contributed by atoms with E-state index in [0.717, 1.165) is 27.7 Å². The zero-order chi connectivity index (χ0) is 21.8. The van der Waals surface area contributed by atoms with Gasteiger partial charge in [0.15, 0.2) is 0 Å². The Morgan fingerprint density at radius 1 is 0.871 bits per heavy atom. The van der Waals surface area contributed by atoms with E-state index in [1.807, 2.05) is 43.4 Å². The van der Waals surface area contributed by atoms with Crippen molar-refractivity contribution in [2.45, 2.75) is 19.4 Å². The molecule has 0 aliphatic rings. The topological polar surface area (TPSA) is 95.9 Å². The molecule has 4 heterocycles. The lowest BCUT2D eigenvalue weighted by atomic mass is 10.0. The highest BCUT2D eigenvalue weighted by Crippen LogP contribution is 2.27. The molecule has 0 spiro atoms. The van der Waals surface area contributed by atoms with Gasteiger partial charge in [0.2, 0.25) is 0 Å². The van der Waals surface area contributed by atoms with E-state index >= 15 is 0 Å². The number of hydrogen-bond donors (Lipinski definition) is 3. The second kappa shape index (κ2) is 8.38. The first-order valence-electron chi connectivity index (χ1n) is 9.79. The van der Waals surface area contributed by atoms with E-state index in [-0.39, 0.29) is 0 Å². The normalized spacial score (nSPS) is 11.0. The molecule has 0 saturated carbocycles. The summed E-state index contributed by atoms with van der Waals surface area (Å²) in [4.78, 5) is 17.6. The molecule has 0 aliphatic carbocycles. The van der Waals surface area contributed by atoms with Gasteiger partial charge >= 0.3 is 0 Å². The van der Waals surface area contributed by atoms with Crippen LogP contribution in [0.25, 0.3) is 10.8 Å². The maximum absolute atomic E-state index is 10.1. The average molecular weight is 410 g/mol. The van der Waals surface area contributed by atoms with Crippen LogP contribution >= 0.6 is 0 Å². The number of pyridine rings is 4. The number of nitrogens with one attached hydrogen (secondary N) is 2. The van der Waals surface area contributed by atoms with Crippen LogP contribution in [0, 0.1) is 11.8 Å². The van der Waals surface area contributed by atoms with Gasteiger partial charge in [0.1, 0.15) is 23.1 Å². The monoisotopic (exact) mass is 410 g/mol. The smallest absolute Gasteiger partial charge is 0.135 e. The number of anilines is 3. The van der Waals surface area contributed by atoms with Crippen LogP contribution in [-0.4, -0.2) is 32.1 Å². The SMILES string of the molecule is CNc1ncc(C#Cc2ccccn2)c2cc(Nc3ccc(C(C)(C)O)cn3)ncc12. The molecule has 0 unspecified atom stereocenters. The molecule has 0 fully saturated rings. The van der Waals surface area contributed by atoms with E-state index in [2.05, 4.69) is 42.4 Å². The van der Waals surface area contributed by atoms with Crippen LogP contribution in [0.1, 0.15) is 30.7 Å². The fraction of sp³-hybridized carbons (Fsp3) is 0.167. The van der Waals surface area contributed by atoms with Crippen molar-refractivity contribution in [3.05, 3.63) is 78.0 Å². The number of rotatable bonds is 4. The molecule has 4 aromatic rings. The molecule has 0 saturated heterocycles. The van der Waals surface area contributed by atoms with Gasteiger partial charge < -0.3 is 15.7 Å². The Labute approximate surface area is 180 Å². The van der Waals surface area contributed by atoms with Gasteiger partial charge in [0.25, 0.3) is 0 Å². The first-order chi connectivity index (χ1) is 14.9. The van der Waals surface area contributed by atoms with Gasteiger partial charge in [-0.25, -0.2) is 19.9 Å². The minimum atomic E-state index is -0.940. The van der Waals surface area contributed by atoms with Crippen molar-refractivity contribution in [2.24, 2.45) is 0 Å². The third-order valence-corrected chi connectivity index (χ3v) is 4.73. The largest absolute Gasteiger partial charge is 0.386 e. The predicted octanol–water partition coefficient (Wildman–Crippen LogP) is 3.83. The van der Waals surface area contributed by atoms with E-state index in [0.29, 0.717) is 17.3 Å². The van der Waals surface area contributed by atoms with Crippen LogP contribution < -0.4 is 10.6 Å². The summed E-state index contributed by atoms with van der Waals surface area (Å²) in [6.45, 7) is 3.45. The first kappa shape index (κ1) is 20.3. The summed E-state index contributed by atoms with van der Waals surface area (Å²) in [5, 5.41) is 18.2. The molecule has 0 atom stereocenters. The fourth-order valence-electron chi connectivity index (χ4n) is 3.03. The van der Waals surface area contributed by atoms with E-state index in [9.17, 15) is 5.11 Å². The molecule has 0 aromatic carbocycles. The number of aliphatic hydroxyl groups is 1. The van der Waals surface area contributed by atoms with Crippen molar-refractivity contribution in [3.8, 4) is 11.8 Å². The third kappa shape index (κ3) is 4.60. The highest BCUT2D eigenvalue weighted by molar-refractivity contribution is 5.96. The first-order valence-corrected chi connectivity index (χ1v) is 9.79. The zero-order valence-corrected chi connectivity index (χ0v) is 17.5. The molecule has 31 heavy (non-hydrogen) atoms. The molecule has 3 N–H and O–H groups in total. The van der Waals surface area contributed by atoms with E-state index in [1.165, 1.54) is 0 Å². The molecule has 0 radical (unpaired) electrons. The molecule has 7 nitrogen and oxygen atoms in total. The second-order valence-electron chi connectivity index (χ2n) is 7.47. The lowest BCUT2D eigenvalue weighted by Crippen LogP contribution is -2.15. The van der Waals surface area contributed by atoms with Crippen molar-refractivity contribution in [2.75, 3.05) is 17.7 Å². The Morgan fingerprint density at radius 2 is 1.71 bits per heavy atom. The van der Waals surface area contributed by atoms with Crippen molar-refractivity contribution >= 4 is 28.2 Å². The predicted molar refractivity (Wildman–Crippen MR) is 122 cm³/mol. The summed E-state index contributed by atoms with van der Waals surface area (Å²) in [6.07, 6.45) is 6.86. The van der Waals surface area contributed by atoms with Gasteiger partial charge in [-0.2, -0.15) is 0 Å². The quantitative estimate of drug-likeness (QED) is 0.440. The van der Waals surface area contributed by atoms with Crippen LogP contribution in [0.5, 0.6) is 0 Å². The van der Waals surface area contributed by atoms with Crippen LogP contribution in [0.15, 0.2) is 61.2 Å². The maximum Gasteiger partial charge on any atom is 0.135 e. The minimum Gasteiger partial charge on any atom is -0.386 e. The number of aromatic nitrogens is 4. The molecule has 7 heteroatoms. The number of hydrogen-bond acceptors (Lipinski definition) is 7. The minimum absolute atomic E-state index is 0.629. The van der Waals surface area contributed by atoms with Gasteiger partial charge in [0, 0.05) is 48.2 Å². The van der Waals surface area contributed by atoms with Gasteiger partial charge in [-0.1, -0.05) is 18.1 Å². The standard InChI is InChI=1S/C24H22N6O/c1-24(2,31)17-8-10-21(27-14-17)30-22-12-19-16(7-9-18-6-4-5-11-26-18)13-29-23(25-3)20(19)15-28-22/h4-6,8,10-15,31H,1-3H3,(H,25,29)(H,27,28,30). The molecule has 4 rings (SSSR count). The molecule has 0 amide bonds. The van der Waals surface area contributed by atoms with Crippen LogP contribution in [0.2, 0.25) is 0 Å². The van der Waals surface area contributed by atoms with Gasteiger partial charge in [-0.05, 0) is 44.0 Å². The Bertz CT molecular complexity index is 1270. The molecule has 4 aromatic heterocycles. The molecule has 0 bridgehead atoms. The summed E-state index contributed by atoms with van der Waals surface area (Å²) >= 11 is 0. The fourth-order valence-corrected chi connectivity index (χ4v) is 3.03.